The summed E-state index contributed by atoms with van der Waals surface area (Å²) in [7, 11) is -8.64. The largest absolute Gasteiger partial charge is 0.146 e. The van der Waals surface area contributed by atoms with Gasteiger partial charge < -0.3 is 0 Å². The van der Waals surface area contributed by atoms with E-state index in [0.29, 0.717) is 90.2 Å². The summed E-state index contributed by atoms with van der Waals surface area (Å²) in [4.78, 5) is 5.35. The smallest absolute Gasteiger partial charge is 0.125 e. The minimum absolute atomic E-state index is 0.181. The van der Waals surface area contributed by atoms with Gasteiger partial charge in [0.15, 0.2) is 0 Å². The Morgan fingerprint density at radius 2 is 0.480 bits per heavy atom. The summed E-state index contributed by atoms with van der Waals surface area (Å²) in [5, 5.41) is 10.3. The standard InChI is InChI=1S/C90H116S4Si4/c1-51(2)95(52(3)4,53(5)6)37-33-65-71-41-69-63-29-31-81(89(25,26)49-63)79(69)43-73(71)67(35-39-97(57(13)14,58(15)16)59(17)18)77-47-85-83(45-75(65)77)91-87(93-85)88-92-84-46-76-66(34-38-96(54(7)8,55(9)10)56(11)12)72-42-70-64-30-32-82(90(27,28)50-64)80(70)44-74(72)68(78(76)48-86(84)94-88)36-40-98(60(19)20,61(21)22)62(23)24/h29-32,41-48,51-64,81-82H,49-50H2,1-28H3/b88-87-. The molecule has 0 nitrogen and oxygen atoms in total. The first-order chi connectivity index (χ1) is 45.9. The van der Waals surface area contributed by atoms with E-state index in [2.05, 4.69) is 313 Å². The second-order valence-corrected chi connectivity index (χ2v) is 63.2. The molecule has 8 aliphatic rings. The van der Waals surface area contributed by atoms with Gasteiger partial charge in [-0.15, -0.1) is 22.2 Å². The average molecular weight is 1440 g/mol. The van der Waals surface area contributed by atoms with Gasteiger partial charge in [-0.05, 0) is 182 Å². The molecule has 0 fully saturated rings. The normalized spacial score (nSPS) is 20.7. The fourth-order valence-electron chi connectivity index (χ4n) is 21.7. The number of hydrogen-bond acceptors (Lipinski definition) is 4. The number of rotatable bonds is 12. The summed E-state index contributed by atoms with van der Waals surface area (Å²) in [5.74, 6) is 18.5. The average Bonchev–Trinajstić information content (AvgIpc) is 0.918. The van der Waals surface area contributed by atoms with Crippen LogP contribution in [0.3, 0.4) is 0 Å². The Balaban J connectivity index is 1.11. The van der Waals surface area contributed by atoms with Gasteiger partial charge in [0, 0.05) is 87.1 Å². The first kappa shape index (κ1) is 73.8. The Morgan fingerprint density at radius 3 is 0.673 bits per heavy atom. The minimum Gasteiger partial charge on any atom is -0.125 e. The third kappa shape index (κ3) is 11.7. The maximum atomic E-state index is 4.33. The van der Waals surface area contributed by atoms with E-state index >= 15 is 0 Å². The molecule has 4 atom stereocenters. The van der Waals surface area contributed by atoms with Gasteiger partial charge in [-0.25, -0.2) is 0 Å². The highest BCUT2D eigenvalue weighted by Gasteiger charge is 2.48. The van der Waals surface area contributed by atoms with Crippen LogP contribution >= 0.6 is 47.0 Å². The molecule has 2 aliphatic heterocycles. The second-order valence-electron chi connectivity index (χ2n) is 36.1. The molecule has 6 aliphatic carbocycles. The van der Waals surface area contributed by atoms with Crippen LogP contribution < -0.4 is 0 Å². The maximum absolute atomic E-state index is 4.33. The van der Waals surface area contributed by atoms with Crippen LogP contribution in [0.5, 0.6) is 0 Å². The number of fused-ring (bicyclic) bond motifs is 8. The predicted octanol–water partition coefficient (Wildman–Crippen LogP) is 29.1. The summed E-state index contributed by atoms with van der Waals surface area (Å²) in [6.07, 6.45) is 12.5. The number of allylic oxidation sites excluding steroid dienone is 4. The van der Waals surface area contributed by atoms with Crippen molar-refractivity contribution in [1.82, 2.24) is 0 Å². The lowest BCUT2D eigenvalue weighted by molar-refractivity contribution is 0.251. The molecular formula is C90H116S4Si4. The molecule has 516 valence electrons. The topological polar surface area (TPSA) is 0 Å². The van der Waals surface area contributed by atoms with Gasteiger partial charge in [-0.3, -0.25) is 0 Å². The molecule has 0 aromatic heterocycles. The molecule has 98 heavy (non-hydrogen) atoms. The molecule has 6 aromatic carbocycles. The summed E-state index contributed by atoms with van der Waals surface area (Å²) >= 11 is 7.96. The molecule has 0 spiro atoms. The van der Waals surface area contributed by atoms with Gasteiger partial charge in [0.25, 0.3) is 0 Å². The zero-order valence-corrected chi connectivity index (χ0v) is 72.5. The van der Waals surface area contributed by atoms with E-state index in [4.69, 9.17) is 0 Å². The van der Waals surface area contributed by atoms with Crippen LogP contribution in [-0.4, -0.2) is 32.3 Å². The van der Waals surface area contributed by atoms with E-state index in [1.54, 1.807) is 0 Å². The van der Waals surface area contributed by atoms with Crippen molar-refractivity contribution in [3.8, 4) is 45.9 Å². The van der Waals surface area contributed by atoms with E-state index in [9.17, 15) is 0 Å². The van der Waals surface area contributed by atoms with Crippen LogP contribution in [-0.2, 0) is 0 Å². The highest BCUT2D eigenvalue weighted by molar-refractivity contribution is 8.30. The predicted molar refractivity (Wildman–Crippen MR) is 451 cm³/mol. The first-order valence-electron chi connectivity index (χ1n) is 38.1. The van der Waals surface area contributed by atoms with Crippen molar-refractivity contribution in [2.75, 3.05) is 0 Å². The van der Waals surface area contributed by atoms with Crippen LogP contribution in [0.1, 0.15) is 275 Å². The SMILES string of the molecule is CC(C)[Si](C#Cc1c2cc3c(cc2c(C#C[Si](C(C)C)(C(C)C)C(C)C)c2cc4c(cc12)C1C=CC4C(C)(C)C1)S/C(=C1/Sc2cc4c(C#C[Si](C(C)C)(C(C)C)C(C)C)c5cc6c(cc5c(C#C[Si](C(C)C)(C(C)C)C(C)C)c4cc2S1)C1C=CC6CC1(C)C)S3)(C(C)C)C(C)C. The van der Waals surface area contributed by atoms with Gasteiger partial charge in [0.05, 0.1) is 8.47 Å². The summed E-state index contributed by atoms with van der Waals surface area (Å²) in [5.41, 5.74) is 34.8. The third-order valence-electron chi connectivity index (χ3n) is 26.5. The van der Waals surface area contributed by atoms with Gasteiger partial charge in [0.1, 0.15) is 32.3 Å². The quantitative estimate of drug-likeness (QED) is 0.0518. The molecule has 4 unspecified atom stereocenters. The summed E-state index contributed by atoms with van der Waals surface area (Å²) in [6, 6.07) is 20.9. The van der Waals surface area contributed by atoms with Crippen molar-refractivity contribution >= 4 is 122 Å². The Hall–Kier alpha value is -3.91. The van der Waals surface area contributed by atoms with Gasteiger partial charge in [-0.2, -0.15) is 0 Å². The molecule has 8 heteroatoms. The van der Waals surface area contributed by atoms with E-state index in [1.807, 2.05) is 47.0 Å². The fraction of sp³-hybridized carbons (Fsp3) is 0.533. The fourth-order valence-corrected chi connectivity index (χ4v) is 47.9. The van der Waals surface area contributed by atoms with Gasteiger partial charge >= 0.3 is 0 Å². The van der Waals surface area contributed by atoms with E-state index in [0.717, 1.165) is 0 Å². The number of hydrogen-bond donors (Lipinski definition) is 0. The maximum Gasteiger partial charge on any atom is 0.146 e. The summed E-state index contributed by atoms with van der Waals surface area (Å²) in [6.45, 7) is 69.2. The molecule has 4 bridgehead atoms. The lowest BCUT2D eigenvalue weighted by atomic mass is 9.58. The van der Waals surface area contributed by atoms with Crippen LogP contribution in [0.2, 0.25) is 66.5 Å². The molecule has 0 saturated carbocycles. The Morgan fingerprint density at radius 1 is 0.286 bits per heavy atom. The van der Waals surface area contributed by atoms with Gasteiger partial charge in [-0.1, -0.05) is 289 Å². The minimum atomic E-state index is -2.16. The molecule has 14 rings (SSSR count). The van der Waals surface area contributed by atoms with E-state index < -0.39 is 32.3 Å². The Labute approximate surface area is 616 Å². The first-order valence-corrected chi connectivity index (χ1v) is 50.3. The Kier molecular flexibility index (Phi) is 20.1. The van der Waals surface area contributed by atoms with E-state index in [-0.39, 0.29) is 10.8 Å². The molecular weight excluding hydrogens is 1320 g/mol. The van der Waals surface area contributed by atoms with Crippen LogP contribution in [0, 0.1) is 56.7 Å². The Bertz CT molecular complexity index is 4260. The van der Waals surface area contributed by atoms with Crippen molar-refractivity contribution in [1.29, 1.82) is 0 Å². The van der Waals surface area contributed by atoms with Crippen LogP contribution in [0.4, 0.5) is 0 Å². The van der Waals surface area contributed by atoms with Crippen molar-refractivity contribution in [3.05, 3.63) is 126 Å². The molecule has 0 amide bonds. The molecule has 0 N–H and O–H groups in total. The van der Waals surface area contributed by atoms with Crippen molar-refractivity contribution in [2.24, 2.45) is 10.8 Å². The second kappa shape index (κ2) is 26.7. The monoisotopic (exact) mass is 1440 g/mol. The van der Waals surface area contributed by atoms with Crippen LogP contribution in [0.25, 0.3) is 43.1 Å². The molecule has 0 saturated heterocycles. The molecule has 0 radical (unpaired) electrons. The highest BCUT2D eigenvalue weighted by Crippen LogP contribution is 2.64. The zero-order valence-electron chi connectivity index (χ0n) is 65.2. The third-order valence-corrected chi connectivity index (χ3v) is 57.3. The molecule has 2 heterocycles. The lowest BCUT2D eigenvalue weighted by Gasteiger charge is -2.46. The zero-order chi connectivity index (χ0) is 71.3. The van der Waals surface area contributed by atoms with Gasteiger partial charge in [0.2, 0.25) is 0 Å². The van der Waals surface area contributed by atoms with Crippen molar-refractivity contribution in [2.45, 2.75) is 316 Å². The lowest BCUT2D eigenvalue weighted by Crippen LogP contribution is -2.43. The van der Waals surface area contributed by atoms with Crippen molar-refractivity contribution in [3.63, 3.8) is 0 Å². The summed E-state index contributed by atoms with van der Waals surface area (Å²) < 4.78 is 2.75. The number of benzene rings is 6. The van der Waals surface area contributed by atoms with E-state index in [1.165, 1.54) is 128 Å². The van der Waals surface area contributed by atoms with Crippen LogP contribution in [0.15, 0.2) is 101 Å². The molecule has 6 aromatic rings. The highest BCUT2D eigenvalue weighted by atomic mass is 32.2. The van der Waals surface area contributed by atoms with Crippen molar-refractivity contribution < 1.29 is 0 Å². The number of thioether (sulfide) groups is 4.